The first kappa shape index (κ1) is 15.1. The number of alkyl halides is 1. The first-order valence-corrected chi connectivity index (χ1v) is 8.90. The van der Waals surface area contributed by atoms with Crippen molar-refractivity contribution in [2.24, 2.45) is 0 Å². The van der Waals surface area contributed by atoms with Gasteiger partial charge in [0.25, 0.3) is 0 Å². The maximum absolute atomic E-state index is 12.9. The number of benzene rings is 1. The Labute approximate surface area is 129 Å². The molecule has 0 N–H and O–H groups in total. The van der Waals surface area contributed by atoms with E-state index in [2.05, 4.69) is 0 Å². The molecule has 21 heavy (non-hydrogen) atoms. The molecule has 2 fully saturated rings. The number of morpholine rings is 1. The van der Waals surface area contributed by atoms with Gasteiger partial charge in [0.05, 0.1) is 19.3 Å². The molecule has 2 aliphatic heterocycles. The fraction of sp³-hybridized carbons (Fsp3) is 0.571. The number of nitrogens with zero attached hydrogens (tertiary/aromatic N) is 1. The standard InChI is InChI=1S/C14H18ClNO4S/c1-19-13-5-2-10(7-15)6-14(13)21(17,18)16-8-11-3-4-12(9-16)20-11/h2,5-6,11-12H,3-4,7-9H2,1H3. The van der Waals surface area contributed by atoms with Crippen LogP contribution in [0.3, 0.4) is 0 Å². The average Bonchev–Trinajstić information content (AvgIpc) is 2.84. The first-order chi connectivity index (χ1) is 10.0. The minimum Gasteiger partial charge on any atom is -0.495 e. The molecule has 2 aliphatic rings. The third-order valence-corrected chi connectivity index (χ3v) is 6.17. The summed E-state index contributed by atoms with van der Waals surface area (Å²) in [5.41, 5.74) is 0.757. The van der Waals surface area contributed by atoms with E-state index in [4.69, 9.17) is 21.1 Å². The Morgan fingerprint density at radius 2 is 2.00 bits per heavy atom. The molecule has 0 amide bonds. The SMILES string of the molecule is COc1ccc(CCl)cc1S(=O)(=O)N1CC2CCC(C1)O2. The normalized spacial score (nSPS) is 26.0. The minimum atomic E-state index is -3.59. The highest BCUT2D eigenvalue weighted by Gasteiger charge is 2.40. The molecular formula is C14H18ClNO4S. The van der Waals surface area contributed by atoms with Crippen molar-refractivity contribution in [1.29, 1.82) is 0 Å². The maximum Gasteiger partial charge on any atom is 0.246 e. The van der Waals surface area contributed by atoms with Gasteiger partial charge in [0.1, 0.15) is 10.6 Å². The Kier molecular flexibility index (Phi) is 4.14. The van der Waals surface area contributed by atoms with Crippen molar-refractivity contribution < 1.29 is 17.9 Å². The molecule has 0 saturated carbocycles. The lowest BCUT2D eigenvalue weighted by atomic mass is 10.2. The summed E-state index contributed by atoms with van der Waals surface area (Å²) < 4.78 is 38.2. The van der Waals surface area contributed by atoms with Crippen LogP contribution in [-0.2, 0) is 20.6 Å². The number of methoxy groups -OCH3 is 1. The lowest BCUT2D eigenvalue weighted by Crippen LogP contribution is -2.45. The molecule has 116 valence electrons. The molecule has 2 atom stereocenters. The number of rotatable bonds is 4. The van der Waals surface area contributed by atoms with Crippen LogP contribution in [0.5, 0.6) is 5.75 Å². The summed E-state index contributed by atoms with van der Waals surface area (Å²) >= 11 is 5.82. The number of halogens is 1. The summed E-state index contributed by atoms with van der Waals surface area (Å²) in [5, 5.41) is 0. The molecule has 0 aliphatic carbocycles. The van der Waals surface area contributed by atoms with Crippen LogP contribution < -0.4 is 4.74 Å². The molecule has 2 saturated heterocycles. The Balaban J connectivity index is 1.97. The van der Waals surface area contributed by atoms with E-state index in [1.807, 2.05) is 0 Å². The third-order valence-electron chi connectivity index (χ3n) is 4.01. The lowest BCUT2D eigenvalue weighted by Gasteiger charge is -2.31. The molecule has 3 rings (SSSR count). The van der Waals surface area contributed by atoms with E-state index < -0.39 is 10.0 Å². The van der Waals surface area contributed by atoms with E-state index >= 15 is 0 Å². The second kappa shape index (κ2) is 5.76. The molecule has 2 heterocycles. The van der Waals surface area contributed by atoms with Crippen LogP contribution in [0.2, 0.25) is 0 Å². The van der Waals surface area contributed by atoms with E-state index in [0.717, 1.165) is 18.4 Å². The molecule has 1 aromatic rings. The van der Waals surface area contributed by atoms with Crippen molar-refractivity contribution in [2.45, 2.75) is 35.8 Å². The van der Waals surface area contributed by atoms with E-state index in [-0.39, 0.29) is 23.0 Å². The van der Waals surface area contributed by atoms with Gasteiger partial charge in [0.15, 0.2) is 0 Å². The largest absolute Gasteiger partial charge is 0.495 e. The van der Waals surface area contributed by atoms with Gasteiger partial charge in [0, 0.05) is 19.0 Å². The van der Waals surface area contributed by atoms with Gasteiger partial charge >= 0.3 is 0 Å². The van der Waals surface area contributed by atoms with Crippen LogP contribution >= 0.6 is 11.6 Å². The summed E-state index contributed by atoms with van der Waals surface area (Å²) in [6.07, 6.45) is 1.88. The molecule has 7 heteroatoms. The predicted molar refractivity (Wildman–Crippen MR) is 79.2 cm³/mol. The molecule has 5 nitrogen and oxygen atoms in total. The van der Waals surface area contributed by atoms with Crippen molar-refractivity contribution >= 4 is 21.6 Å². The van der Waals surface area contributed by atoms with Gasteiger partial charge in [-0.2, -0.15) is 4.31 Å². The van der Waals surface area contributed by atoms with Gasteiger partial charge in [-0.05, 0) is 30.5 Å². The molecular weight excluding hydrogens is 314 g/mol. The summed E-state index contributed by atoms with van der Waals surface area (Å²) in [7, 11) is -2.12. The molecule has 0 spiro atoms. The highest BCUT2D eigenvalue weighted by molar-refractivity contribution is 7.89. The molecule has 1 aromatic carbocycles. The summed E-state index contributed by atoms with van der Waals surface area (Å²) in [4.78, 5) is 0.185. The zero-order valence-corrected chi connectivity index (χ0v) is 13.4. The fourth-order valence-electron chi connectivity index (χ4n) is 2.92. The third kappa shape index (κ3) is 2.77. The molecule has 0 radical (unpaired) electrons. The van der Waals surface area contributed by atoms with E-state index in [1.165, 1.54) is 11.4 Å². The topological polar surface area (TPSA) is 55.8 Å². The van der Waals surface area contributed by atoms with Gasteiger partial charge < -0.3 is 9.47 Å². The van der Waals surface area contributed by atoms with Crippen LogP contribution in [-0.4, -0.2) is 45.1 Å². The van der Waals surface area contributed by atoms with Crippen LogP contribution in [0.1, 0.15) is 18.4 Å². The summed E-state index contributed by atoms with van der Waals surface area (Å²) in [5.74, 6) is 0.614. The van der Waals surface area contributed by atoms with Crippen molar-refractivity contribution in [2.75, 3.05) is 20.2 Å². The van der Waals surface area contributed by atoms with Gasteiger partial charge in [-0.3, -0.25) is 0 Å². The van der Waals surface area contributed by atoms with Crippen molar-refractivity contribution in [3.8, 4) is 5.75 Å². The smallest absolute Gasteiger partial charge is 0.246 e. The Morgan fingerprint density at radius 3 is 2.57 bits per heavy atom. The summed E-state index contributed by atoms with van der Waals surface area (Å²) in [6, 6.07) is 5.02. The van der Waals surface area contributed by atoms with Crippen LogP contribution in [0.25, 0.3) is 0 Å². The number of ether oxygens (including phenoxy) is 2. The van der Waals surface area contributed by atoms with Gasteiger partial charge in [0.2, 0.25) is 10.0 Å². The van der Waals surface area contributed by atoms with Crippen LogP contribution in [0, 0.1) is 0 Å². The number of fused-ring (bicyclic) bond motifs is 2. The van der Waals surface area contributed by atoms with Crippen molar-refractivity contribution in [1.82, 2.24) is 4.31 Å². The van der Waals surface area contributed by atoms with Crippen molar-refractivity contribution in [3.63, 3.8) is 0 Å². The second-order valence-corrected chi connectivity index (χ2v) is 7.57. The predicted octanol–water partition coefficient (Wildman–Crippen LogP) is 1.99. The van der Waals surface area contributed by atoms with Gasteiger partial charge in [-0.25, -0.2) is 8.42 Å². The molecule has 0 aromatic heterocycles. The van der Waals surface area contributed by atoms with Crippen LogP contribution in [0.15, 0.2) is 23.1 Å². The van der Waals surface area contributed by atoms with Crippen molar-refractivity contribution in [3.05, 3.63) is 23.8 Å². The number of hydrogen-bond acceptors (Lipinski definition) is 4. The fourth-order valence-corrected chi connectivity index (χ4v) is 4.79. The van der Waals surface area contributed by atoms with E-state index in [0.29, 0.717) is 18.8 Å². The Bertz CT molecular complexity index is 622. The highest BCUT2D eigenvalue weighted by Crippen LogP contribution is 2.33. The number of sulfonamides is 1. The quantitative estimate of drug-likeness (QED) is 0.792. The minimum absolute atomic E-state index is 0.0146. The number of hydrogen-bond donors (Lipinski definition) is 0. The lowest BCUT2D eigenvalue weighted by molar-refractivity contribution is -0.0115. The monoisotopic (exact) mass is 331 g/mol. The second-order valence-electron chi connectivity index (χ2n) is 5.40. The first-order valence-electron chi connectivity index (χ1n) is 6.93. The average molecular weight is 332 g/mol. The van der Waals surface area contributed by atoms with Gasteiger partial charge in [-0.15, -0.1) is 11.6 Å². The zero-order chi connectivity index (χ0) is 15.0. The van der Waals surface area contributed by atoms with Gasteiger partial charge in [-0.1, -0.05) is 6.07 Å². The maximum atomic E-state index is 12.9. The highest BCUT2D eigenvalue weighted by atomic mass is 35.5. The zero-order valence-electron chi connectivity index (χ0n) is 11.8. The van der Waals surface area contributed by atoms with E-state index in [9.17, 15) is 8.42 Å². The van der Waals surface area contributed by atoms with E-state index in [1.54, 1.807) is 18.2 Å². The molecule has 2 unspecified atom stereocenters. The molecule has 2 bridgehead atoms. The van der Waals surface area contributed by atoms with Crippen LogP contribution in [0.4, 0.5) is 0 Å². The Morgan fingerprint density at radius 1 is 1.33 bits per heavy atom. The summed E-state index contributed by atoms with van der Waals surface area (Å²) in [6.45, 7) is 0.820. The Hall–Kier alpha value is -0.820.